The van der Waals surface area contributed by atoms with Crippen molar-refractivity contribution in [3.63, 3.8) is 0 Å². The zero-order chi connectivity index (χ0) is 20.8. The Morgan fingerprint density at radius 1 is 1.14 bits per heavy atom. The zero-order valence-corrected chi connectivity index (χ0v) is 18.2. The van der Waals surface area contributed by atoms with Crippen LogP contribution in [-0.2, 0) is 4.79 Å². The predicted octanol–water partition coefficient (Wildman–Crippen LogP) is 3.92. The third kappa shape index (κ3) is 3.81. The summed E-state index contributed by atoms with van der Waals surface area (Å²) in [5.41, 5.74) is -0.321. The van der Waals surface area contributed by atoms with Crippen molar-refractivity contribution >= 4 is 12.5 Å². The SMILES string of the molecule is C=N/C=C\N(N)CC(=O)[C@H]1CCC2C3CC[C@@H]4C[C@](C)(O)CC[C@@H]4C3CC[C@@]21C. The van der Waals surface area contributed by atoms with E-state index in [-0.39, 0.29) is 23.7 Å². The van der Waals surface area contributed by atoms with E-state index >= 15 is 0 Å². The number of aliphatic hydroxyl groups is 1. The van der Waals surface area contributed by atoms with Crippen LogP contribution in [0.4, 0.5) is 0 Å². The Bertz CT molecular complexity index is 675. The molecule has 4 aliphatic carbocycles. The lowest BCUT2D eigenvalue weighted by atomic mass is 9.49. The molecule has 0 heterocycles. The molecule has 4 aliphatic rings. The Balaban J connectivity index is 1.45. The normalized spacial score (nSPS) is 46.6. The first-order chi connectivity index (χ1) is 13.7. The van der Waals surface area contributed by atoms with Crippen LogP contribution in [0.5, 0.6) is 0 Å². The molecule has 4 fully saturated rings. The molecule has 0 aromatic rings. The first-order valence-electron chi connectivity index (χ1n) is 11.6. The summed E-state index contributed by atoms with van der Waals surface area (Å²) in [5, 5.41) is 12.0. The predicted molar refractivity (Wildman–Crippen MR) is 116 cm³/mol. The van der Waals surface area contributed by atoms with E-state index in [9.17, 15) is 9.90 Å². The molecule has 5 nitrogen and oxygen atoms in total. The van der Waals surface area contributed by atoms with Crippen molar-refractivity contribution in [3.8, 4) is 0 Å². The Hall–Kier alpha value is -1.20. The van der Waals surface area contributed by atoms with Crippen LogP contribution in [0.25, 0.3) is 0 Å². The van der Waals surface area contributed by atoms with Gasteiger partial charge in [-0.25, -0.2) is 5.84 Å². The van der Waals surface area contributed by atoms with Gasteiger partial charge in [-0.2, -0.15) is 0 Å². The third-order valence-electron chi connectivity index (χ3n) is 9.33. The van der Waals surface area contributed by atoms with Crippen LogP contribution in [0.15, 0.2) is 17.4 Å². The summed E-state index contributed by atoms with van der Waals surface area (Å²) in [5.74, 6) is 10.1. The van der Waals surface area contributed by atoms with E-state index < -0.39 is 5.60 Å². The molecule has 3 N–H and O–H groups in total. The van der Waals surface area contributed by atoms with Gasteiger partial charge in [-0.05, 0) is 106 Å². The number of carbonyl (C=O) groups excluding carboxylic acids is 1. The molecule has 0 aliphatic heterocycles. The summed E-state index contributed by atoms with van der Waals surface area (Å²) < 4.78 is 0. The highest BCUT2D eigenvalue weighted by Crippen LogP contribution is 2.64. The second-order valence-corrected chi connectivity index (χ2v) is 11.0. The molecule has 0 amide bonds. The highest BCUT2D eigenvalue weighted by molar-refractivity contribution is 5.84. The highest BCUT2D eigenvalue weighted by Gasteiger charge is 2.58. The van der Waals surface area contributed by atoms with Gasteiger partial charge in [0.05, 0.1) is 12.1 Å². The van der Waals surface area contributed by atoms with Crippen molar-refractivity contribution in [3.05, 3.63) is 12.4 Å². The van der Waals surface area contributed by atoms with E-state index in [0.717, 1.165) is 37.0 Å². The quantitative estimate of drug-likeness (QED) is 0.416. The maximum absolute atomic E-state index is 13.1. The van der Waals surface area contributed by atoms with E-state index in [1.54, 1.807) is 6.20 Å². The number of rotatable bonds is 5. The number of Topliss-reactive ketones (excluding diaryl/α,β-unsaturated/α-hetero) is 1. The first-order valence-corrected chi connectivity index (χ1v) is 11.6. The molecule has 0 saturated heterocycles. The molecule has 29 heavy (non-hydrogen) atoms. The average Bonchev–Trinajstić information content (AvgIpc) is 3.02. The first kappa shape index (κ1) is 21.0. The van der Waals surface area contributed by atoms with Crippen molar-refractivity contribution in [1.82, 2.24) is 5.01 Å². The van der Waals surface area contributed by atoms with Crippen LogP contribution in [0.2, 0.25) is 0 Å². The molecule has 4 rings (SSSR count). The molecule has 3 unspecified atom stereocenters. The van der Waals surface area contributed by atoms with Crippen molar-refractivity contribution in [2.75, 3.05) is 6.54 Å². The minimum Gasteiger partial charge on any atom is -0.390 e. The van der Waals surface area contributed by atoms with Gasteiger partial charge in [-0.1, -0.05) is 6.92 Å². The summed E-state index contributed by atoms with van der Waals surface area (Å²) in [6.07, 6.45) is 13.5. The fraction of sp³-hybridized carbons (Fsp3) is 0.833. The molecular formula is C24H39N3O2. The number of ketones is 1. The van der Waals surface area contributed by atoms with Crippen LogP contribution >= 0.6 is 0 Å². The number of fused-ring (bicyclic) bond motifs is 5. The van der Waals surface area contributed by atoms with Crippen molar-refractivity contribution in [1.29, 1.82) is 0 Å². The fourth-order valence-corrected chi connectivity index (χ4v) is 8.09. The van der Waals surface area contributed by atoms with E-state index in [1.807, 2.05) is 6.92 Å². The summed E-state index contributed by atoms with van der Waals surface area (Å²) in [4.78, 5) is 16.8. The van der Waals surface area contributed by atoms with Crippen LogP contribution in [-0.4, -0.2) is 34.8 Å². The molecule has 0 bridgehead atoms. The lowest BCUT2D eigenvalue weighted by Gasteiger charge is -2.56. The summed E-state index contributed by atoms with van der Waals surface area (Å²) in [6.45, 7) is 8.09. The minimum absolute atomic E-state index is 0.131. The van der Waals surface area contributed by atoms with E-state index in [2.05, 4.69) is 18.6 Å². The fourth-order valence-electron chi connectivity index (χ4n) is 8.09. The van der Waals surface area contributed by atoms with E-state index in [0.29, 0.717) is 11.8 Å². The topological polar surface area (TPSA) is 78.9 Å². The van der Waals surface area contributed by atoms with E-state index in [1.165, 1.54) is 49.7 Å². The van der Waals surface area contributed by atoms with Crippen LogP contribution in [0, 0.1) is 40.9 Å². The van der Waals surface area contributed by atoms with Crippen molar-refractivity contribution < 1.29 is 9.90 Å². The number of hydrogen-bond donors (Lipinski definition) is 2. The van der Waals surface area contributed by atoms with Crippen LogP contribution in [0.1, 0.15) is 71.6 Å². The molecule has 0 spiro atoms. The maximum atomic E-state index is 13.1. The number of nitrogens with zero attached hydrogens (tertiary/aromatic N) is 2. The average molecular weight is 402 g/mol. The van der Waals surface area contributed by atoms with Gasteiger partial charge in [0.15, 0.2) is 5.78 Å². The lowest BCUT2D eigenvalue weighted by Crippen LogP contribution is -2.51. The van der Waals surface area contributed by atoms with Gasteiger partial charge in [0, 0.05) is 18.3 Å². The maximum Gasteiger partial charge on any atom is 0.157 e. The second kappa shape index (κ2) is 7.81. The summed E-state index contributed by atoms with van der Waals surface area (Å²) >= 11 is 0. The zero-order valence-electron chi connectivity index (χ0n) is 18.2. The molecule has 4 saturated carbocycles. The molecule has 0 aromatic heterocycles. The minimum atomic E-state index is -0.453. The van der Waals surface area contributed by atoms with Crippen molar-refractivity contribution in [2.45, 2.75) is 77.2 Å². The van der Waals surface area contributed by atoms with Gasteiger partial charge in [0.1, 0.15) is 0 Å². The van der Waals surface area contributed by atoms with Gasteiger partial charge in [0.25, 0.3) is 0 Å². The molecular weight excluding hydrogens is 362 g/mol. The van der Waals surface area contributed by atoms with Crippen LogP contribution in [0.3, 0.4) is 0 Å². The van der Waals surface area contributed by atoms with Gasteiger partial charge >= 0.3 is 0 Å². The second-order valence-electron chi connectivity index (χ2n) is 11.0. The van der Waals surface area contributed by atoms with Gasteiger partial charge in [-0.15, -0.1) is 0 Å². The largest absolute Gasteiger partial charge is 0.390 e. The highest BCUT2D eigenvalue weighted by atomic mass is 16.3. The molecule has 5 heteroatoms. The smallest absolute Gasteiger partial charge is 0.157 e. The Kier molecular flexibility index (Phi) is 5.67. The van der Waals surface area contributed by atoms with E-state index in [4.69, 9.17) is 5.84 Å². The number of hydrogen-bond acceptors (Lipinski definition) is 5. The number of nitrogens with two attached hydrogens (primary N) is 1. The summed E-state index contributed by atoms with van der Waals surface area (Å²) in [6, 6.07) is 0. The molecule has 0 radical (unpaired) electrons. The van der Waals surface area contributed by atoms with Gasteiger partial charge < -0.3 is 10.1 Å². The lowest BCUT2D eigenvalue weighted by molar-refractivity contribution is -0.132. The van der Waals surface area contributed by atoms with Crippen LogP contribution < -0.4 is 5.84 Å². The van der Waals surface area contributed by atoms with Crippen molar-refractivity contribution in [2.24, 2.45) is 51.8 Å². The number of aliphatic imine (C=N–C) groups is 1. The molecule has 162 valence electrons. The summed E-state index contributed by atoms with van der Waals surface area (Å²) in [7, 11) is 0. The van der Waals surface area contributed by atoms with Gasteiger partial charge in [-0.3, -0.25) is 9.79 Å². The Labute approximate surface area is 175 Å². The molecule has 0 aromatic carbocycles. The third-order valence-corrected chi connectivity index (χ3v) is 9.33. The Morgan fingerprint density at radius 2 is 1.90 bits per heavy atom. The Morgan fingerprint density at radius 3 is 2.66 bits per heavy atom. The standard InChI is InChI=1S/C24H39N3O2/c1-23(29)10-8-17-16(14-23)4-5-19-18(17)9-11-24(2)20(19)6-7-21(24)22(28)15-27(25)13-12-26-3/h12-13,16-21,29H,3-11,14-15,25H2,1-2H3/b13-12-/t16-,17+,18?,19?,20?,21-,23-,24+/m1/s1. The van der Waals surface area contributed by atoms with Gasteiger partial charge in [0.2, 0.25) is 0 Å². The monoisotopic (exact) mass is 401 g/mol. The number of hydrazine groups is 1. The molecule has 8 atom stereocenters. The number of carbonyl (C=O) groups is 1.